The van der Waals surface area contributed by atoms with E-state index in [9.17, 15) is 14.7 Å². The lowest BCUT2D eigenvalue weighted by molar-refractivity contribution is -0.657. The molecule has 0 fully saturated rings. The highest BCUT2D eigenvalue weighted by molar-refractivity contribution is 5.97. The van der Waals surface area contributed by atoms with Crippen LogP contribution in [-0.2, 0) is 13.6 Å². The zero-order valence-electron chi connectivity index (χ0n) is 38.8. The summed E-state index contributed by atoms with van der Waals surface area (Å²) in [6, 6.07) is 35.7. The first-order chi connectivity index (χ1) is 32.5. The quantitative estimate of drug-likeness (QED) is 0.0370. The topological polar surface area (TPSA) is 174 Å². The number of carbonyl (C=O) groups excluding carboxylic acids is 2. The van der Waals surface area contributed by atoms with Crippen LogP contribution < -0.4 is 25.8 Å². The number of nitrogens with one attached hydrogen (secondary N) is 4. The van der Waals surface area contributed by atoms with Gasteiger partial charge in [-0.1, -0.05) is 5.11 Å². The van der Waals surface area contributed by atoms with Gasteiger partial charge >= 0.3 is 5.95 Å². The first kappa shape index (κ1) is 46.8. The lowest BCUT2D eigenvalue weighted by Gasteiger charge is -2.26. The van der Waals surface area contributed by atoms with Crippen molar-refractivity contribution in [1.29, 1.82) is 0 Å². The van der Waals surface area contributed by atoms with E-state index < -0.39 is 0 Å². The zero-order chi connectivity index (χ0) is 47.3. The van der Waals surface area contributed by atoms with E-state index in [-0.39, 0.29) is 23.9 Å². The Labute approximate surface area is 391 Å². The maximum Gasteiger partial charge on any atom is 0.421 e. The van der Waals surface area contributed by atoms with Gasteiger partial charge in [0.25, 0.3) is 11.8 Å². The van der Waals surface area contributed by atoms with Gasteiger partial charge in [-0.3, -0.25) is 9.59 Å². The van der Waals surface area contributed by atoms with E-state index in [0.717, 1.165) is 46.2 Å². The number of hydrogen-bond donors (Lipinski definition) is 5. The molecule has 7 rings (SSSR count). The lowest BCUT2D eigenvalue weighted by atomic mass is 10.1. The van der Waals surface area contributed by atoms with Crippen molar-refractivity contribution in [3.8, 4) is 5.75 Å². The second-order valence-corrected chi connectivity index (χ2v) is 16.3. The summed E-state index contributed by atoms with van der Waals surface area (Å²) >= 11 is 0. The van der Waals surface area contributed by atoms with Crippen molar-refractivity contribution in [2.45, 2.75) is 25.7 Å². The van der Waals surface area contributed by atoms with E-state index in [1.807, 2.05) is 146 Å². The SMILES string of the molecule is CNc1ccc(Nc2ccc(N=NC3N(C)C=CN3CCCN(C)C(=O)c3ccc(C(=O)N(C)CCCn4cc[n+](C)c4N=Nc4ccc(Nc5ccc(NC)cc5)cc4O)cc3)cc2)cc1. The first-order valence-corrected chi connectivity index (χ1v) is 22.1. The highest BCUT2D eigenvalue weighted by Gasteiger charge is 2.24. The molecule has 5 N–H and O–H groups in total. The van der Waals surface area contributed by atoms with E-state index in [1.165, 1.54) is 0 Å². The second-order valence-electron chi connectivity index (χ2n) is 16.3. The van der Waals surface area contributed by atoms with Crippen LogP contribution in [0.1, 0.15) is 33.6 Å². The Morgan fingerprint density at radius 1 is 0.657 bits per heavy atom. The molecule has 0 aliphatic carbocycles. The van der Waals surface area contributed by atoms with Gasteiger partial charge in [-0.2, -0.15) is 5.11 Å². The predicted octanol–water partition coefficient (Wildman–Crippen LogP) is 9.41. The summed E-state index contributed by atoms with van der Waals surface area (Å²) < 4.78 is 3.80. The third-order valence-electron chi connectivity index (χ3n) is 11.4. The number of aryl methyl sites for hydroxylation is 2. The molecule has 1 aromatic heterocycles. The highest BCUT2D eigenvalue weighted by atomic mass is 16.3. The summed E-state index contributed by atoms with van der Waals surface area (Å²) in [5, 5.41) is 41.5. The number of carbonyl (C=O) groups is 2. The van der Waals surface area contributed by atoms with Crippen LogP contribution >= 0.6 is 0 Å². The minimum absolute atomic E-state index is 0.000419. The Kier molecular flexibility index (Phi) is 15.4. The van der Waals surface area contributed by atoms with Gasteiger partial charge in [0, 0.05) is 124 Å². The average Bonchev–Trinajstić information content (AvgIpc) is 3.89. The number of imidazole rings is 1. The van der Waals surface area contributed by atoms with Crippen molar-refractivity contribution < 1.29 is 19.3 Å². The number of rotatable bonds is 20. The van der Waals surface area contributed by atoms with Crippen LogP contribution in [0.25, 0.3) is 0 Å². The van der Waals surface area contributed by atoms with Crippen LogP contribution in [0.5, 0.6) is 5.75 Å². The van der Waals surface area contributed by atoms with Gasteiger partial charge in [-0.05, 0) is 122 Å². The molecule has 17 heteroatoms. The van der Waals surface area contributed by atoms with Crippen LogP contribution in [0, 0.1) is 0 Å². The molecule has 1 unspecified atom stereocenters. The van der Waals surface area contributed by atoms with Crippen LogP contribution in [0.15, 0.2) is 161 Å². The largest absolute Gasteiger partial charge is 0.505 e. The molecule has 6 aromatic rings. The van der Waals surface area contributed by atoms with Gasteiger partial charge in [0.15, 0.2) is 0 Å². The van der Waals surface area contributed by atoms with Gasteiger partial charge in [-0.25, -0.2) is 9.13 Å². The Balaban J connectivity index is 0.837. The lowest BCUT2D eigenvalue weighted by Crippen LogP contribution is -2.36. The number of aromatic nitrogens is 2. The Bertz CT molecular complexity index is 2680. The van der Waals surface area contributed by atoms with Gasteiger partial charge in [0.1, 0.15) is 11.4 Å². The number of hydrogen-bond acceptors (Lipinski definition) is 13. The maximum atomic E-state index is 13.4. The molecular weight excluding hydrogens is 845 g/mol. The summed E-state index contributed by atoms with van der Waals surface area (Å²) in [6.07, 6.45) is 8.85. The summed E-state index contributed by atoms with van der Waals surface area (Å²) in [4.78, 5) is 34.2. The monoisotopic (exact) mass is 903 g/mol. The molecule has 0 saturated heterocycles. The van der Waals surface area contributed by atoms with Crippen LogP contribution in [0.3, 0.4) is 0 Å². The van der Waals surface area contributed by atoms with Gasteiger partial charge in [0.2, 0.25) is 6.29 Å². The Morgan fingerprint density at radius 3 is 1.72 bits per heavy atom. The molecule has 2 heterocycles. The average molecular weight is 904 g/mol. The standard InChI is InChI=1S/C50H58N14O3/c1-51-38-13-17-40(18-14-38)53-41-21-23-43(24-22-41)55-57-49-61(5)31-33-63(49)29-7-27-59(3)47(66)36-9-11-37(12-10-36)48(67)60(4)28-8-30-64-34-32-62(6)50(64)58-56-45-26-25-44(35-46(45)65)54-42-19-15-39(52-2)16-20-42/h9-26,31-35,49H,7-8,27-30H2,1-6H3,(H4,51,52,53,54,55,56,57,65,66,67)/p+1. The minimum Gasteiger partial charge on any atom is -0.505 e. The number of nitrogens with zero attached hydrogens (tertiary/aromatic N) is 10. The molecular formula is C50H59N14O3+. The molecule has 0 radical (unpaired) electrons. The number of aromatic hydroxyl groups is 1. The highest BCUT2D eigenvalue weighted by Crippen LogP contribution is 2.32. The number of phenolic OH excluding ortho intramolecular Hbond substituents is 1. The zero-order valence-corrected chi connectivity index (χ0v) is 38.8. The molecule has 0 spiro atoms. The fourth-order valence-corrected chi connectivity index (χ4v) is 7.39. The molecule has 1 aliphatic heterocycles. The molecule has 0 saturated carbocycles. The molecule has 2 amide bonds. The number of phenols is 1. The van der Waals surface area contributed by atoms with Crippen molar-refractivity contribution in [3.63, 3.8) is 0 Å². The predicted molar refractivity (Wildman–Crippen MR) is 264 cm³/mol. The normalized spacial score (nSPS) is 13.4. The van der Waals surface area contributed by atoms with E-state index in [4.69, 9.17) is 0 Å². The molecule has 67 heavy (non-hydrogen) atoms. The summed E-state index contributed by atoms with van der Waals surface area (Å²) in [6.45, 7) is 2.30. The molecule has 1 atom stereocenters. The Hall–Kier alpha value is -8.21. The van der Waals surface area contributed by atoms with Gasteiger partial charge < -0.3 is 46.0 Å². The van der Waals surface area contributed by atoms with Crippen molar-refractivity contribution in [2.75, 3.05) is 76.1 Å². The van der Waals surface area contributed by atoms with Crippen LogP contribution in [-0.4, -0.2) is 102 Å². The molecule has 17 nitrogen and oxygen atoms in total. The van der Waals surface area contributed by atoms with E-state index in [1.54, 1.807) is 60.3 Å². The van der Waals surface area contributed by atoms with E-state index in [0.29, 0.717) is 55.4 Å². The molecule has 346 valence electrons. The fourth-order valence-electron chi connectivity index (χ4n) is 7.39. The van der Waals surface area contributed by atoms with Gasteiger partial charge in [-0.15, -0.1) is 5.11 Å². The van der Waals surface area contributed by atoms with Crippen molar-refractivity contribution in [1.82, 2.24) is 24.2 Å². The maximum absolute atomic E-state index is 13.4. The van der Waals surface area contributed by atoms with Crippen molar-refractivity contribution in [2.24, 2.45) is 27.5 Å². The summed E-state index contributed by atoms with van der Waals surface area (Å²) in [5.74, 6) is 0.342. The van der Waals surface area contributed by atoms with E-state index >= 15 is 0 Å². The molecule has 1 aliphatic rings. The number of anilines is 6. The van der Waals surface area contributed by atoms with Crippen molar-refractivity contribution in [3.05, 3.63) is 151 Å². The summed E-state index contributed by atoms with van der Waals surface area (Å²) in [7, 11) is 11.2. The number of azo groups is 2. The van der Waals surface area contributed by atoms with Crippen molar-refractivity contribution >= 4 is 63.3 Å². The summed E-state index contributed by atoms with van der Waals surface area (Å²) in [5.41, 5.74) is 7.73. The smallest absolute Gasteiger partial charge is 0.421 e. The van der Waals surface area contributed by atoms with Gasteiger partial charge in [0.05, 0.1) is 31.7 Å². The number of amides is 2. The fraction of sp³-hybridized carbons (Fsp3) is 0.260. The van der Waals surface area contributed by atoms with Crippen LogP contribution in [0.4, 0.5) is 51.4 Å². The molecule has 0 bridgehead atoms. The third-order valence-corrected chi connectivity index (χ3v) is 11.4. The van der Waals surface area contributed by atoms with Crippen LogP contribution in [0.2, 0.25) is 0 Å². The first-order valence-electron chi connectivity index (χ1n) is 22.1. The number of benzene rings is 5. The minimum atomic E-state index is -0.290. The second kappa shape index (κ2) is 22.1. The van der Waals surface area contributed by atoms with E-state index in [2.05, 4.69) is 46.6 Å². The molecule has 5 aromatic carbocycles. The Morgan fingerprint density at radius 2 is 1.16 bits per heavy atom. The third kappa shape index (κ3) is 12.3.